The van der Waals surface area contributed by atoms with Gasteiger partial charge in [0.1, 0.15) is 25.9 Å². The summed E-state index contributed by atoms with van der Waals surface area (Å²) < 4.78 is 23.4. The molecule has 1 fully saturated rings. The number of cyclic esters (lactones) is 2. The van der Waals surface area contributed by atoms with Gasteiger partial charge in [-0.3, -0.25) is 0 Å². The van der Waals surface area contributed by atoms with Crippen LogP contribution in [0.2, 0.25) is 0 Å². The molecule has 0 bridgehead atoms. The van der Waals surface area contributed by atoms with E-state index in [1.807, 2.05) is 0 Å². The number of carbonyl (C=O) groups is 3. The molecule has 8 heteroatoms. The van der Waals surface area contributed by atoms with Crippen LogP contribution in [0.15, 0.2) is 12.2 Å². The molecule has 1 atom stereocenters. The normalized spacial score (nSPS) is 16.9. The Labute approximate surface area is 115 Å². The fraction of sp³-hybridized carbons (Fsp3) is 0.583. The van der Waals surface area contributed by atoms with Crippen LogP contribution in [0.1, 0.15) is 13.3 Å². The number of hydrogen-bond acceptors (Lipinski definition) is 8. The van der Waals surface area contributed by atoms with Gasteiger partial charge in [0.2, 0.25) is 0 Å². The van der Waals surface area contributed by atoms with Gasteiger partial charge in [-0.05, 0) is 6.92 Å². The van der Waals surface area contributed by atoms with E-state index in [1.165, 1.54) is 6.92 Å². The molecule has 0 spiro atoms. The van der Waals surface area contributed by atoms with Crippen molar-refractivity contribution in [3.8, 4) is 0 Å². The van der Waals surface area contributed by atoms with Gasteiger partial charge in [-0.25, -0.2) is 14.4 Å². The van der Waals surface area contributed by atoms with Gasteiger partial charge >= 0.3 is 18.3 Å². The zero-order chi connectivity index (χ0) is 15.0. The van der Waals surface area contributed by atoms with Crippen molar-refractivity contribution >= 4 is 18.3 Å². The average Bonchev–Trinajstić information content (AvgIpc) is 2.80. The molecule has 1 aliphatic heterocycles. The molecule has 8 nitrogen and oxygen atoms in total. The van der Waals surface area contributed by atoms with Crippen LogP contribution >= 0.6 is 0 Å². The van der Waals surface area contributed by atoms with Crippen LogP contribution in [0, 0.1) is 0 Å². The average molecular weight is 288 g/mol. The predicted octanol–water partition coefficient (Wildman–Crippen LogP) is 1.18. The second-order valence-corrected chi connectivity index (χ2v) is 3.95. The summed E-state index contributed by atoms with van der Waals surface area (Å²) in [4.78, 5) is 32.7. The molecule has 0 radical (unpaired) electrons. The highest BCUT2D eigenvalue weighted by Gasteiger charge is 2.24. The fourth-order valence-corrected chi connectivity index (χ4v) is 1.21. The fourth-order valence-electron chi connectivity index (χ4n) is 1.21. The van der Waals surface area contributed by atoms with Crippen LogP contribution in [0.4, 0.5) is 9.59 Å². The summed E-state index contributed by atoms with van der Waals surface area (Å²) >= 11 is 0. The molecular formula is C12H16O8. The Morgan fingerprint density at radius 2 is 1.90 bits per heavy atom. The molecule has 1 aliphatic rings. The summed E-state index contributed by atoms with van der Waals surface area (Å²) in [5.41, 5.74) is 0.265. The maximum atomic E-state index is 11.1. The van der Waals surface area contributed by atoms with Crippen molar-refractivity contribution in [2.24, 2.45) is 0 Å². The number of hydrogen-bond donors (Lipinski definition) is 0. The molecule has 20 heavy (non-hydrogen) atoms. The molecule has 0 amide bonds. The molecule has 1 unspecified atom stereocenters. The lowest BCUT2D eigenvalue weighted by Gasteiger charge is -2.08. The maximum Gasteiger partial charge on any atom is 0.508 e. The topological polar surface area (TPSA) is 97.4 Å². The predicted molar refractivity (Wildman–Crippen MR) is 63.9 cm³/mol. The SMILES string of the molecule is C=C(C)C(=O)OCCOC(=O)OCCC1COC(=O)O1. The highest BCUT2D eigenvalue weighted by Crippen LogP contribution is 2.09. The van der Waals surface area contributed by atoms with Gasteiger partial charge in [0.25, 0.3) is 0 Å². The third kappa shape index (κ3) is 6.07. The minimum Gasteiger partial charge on any atom is -0.459 e. The molecule has 1 heterocycles. The first-order valence-electron chi connectivity index (χ1n) is 5.94. The summed E-state index contributed by atoms with van der Waals surface area (Å²) in [6.45, 7) is 4.90. The Bertz CT molecular complexity index is 389. The largest absolute Gasteiger partial charge is 0.508 e. The van der Waals surface area contributed by atoms with Crippen LogP contribution in [0.3, 0.4) is 0 Å². The molecule has 0 saturated carbocycles. The minimum absolute atomic E-state index is 0.0334. The zero-order valence-corrected chi connectivity index (χ0v) is 11.1. The number of carbonyl (C=O) groups excluding carboxylic acids is 3. The van der Waals surface area contributed by atoms with E-state index in [2.05, 4.69) is 16.1 Å². The van der Waals surface area contributed by atoms with Crippen LogP contribution in [-0.4, -0.2) is 50.8 Å². The highest BCUT2D eigenvalue weighted by molar-refractivity contribution is 5.86. The van der Waals surface area contributed by atoms with Gasteiger partial charge in [0.15, 0.2) is 0 Å². The van der Waals surface area contributed by atoms with Crippen molar-refractivity contribution in [3.63, 3.8) is 0 Å². The van der Waals surface area contributed by atoms with Crippen molar-refractivity contribution in [2.45, 2.75) is 19.4 Å². The standard InChI is InChI=1S/C12H16O8/c1-8(2)10(13)16-5-6-18-11(14)17-4-3-9-7-19-12(15)20-9/h9H,1,3-7H2,2H3. The molecular weight excluding hydrogens is 272 g/mol. The molecule has 112 valence electrons. The van der Waals surface area contributed by atoms with Crippen LogP contribution in [0.5, 0.6) is 0 Å². The summed E-state index contributed by atoms with van der Waals surface area (Å²) in [6, 6.07) is 0. The van der Waals surface area contributed by atoms with E-state index in [9.17, 15) is 14.4 Å². The molecule has 0 aromatic heterocycles. The first-order valence-corrected chi connectivity index (χ1v) is 5.94. The van der Waals surface area contributed by atoms with Gasteiger partial charge in [-0.2, -0.15) is 0 Å². The van der Waals surface area contributed by atoms with Gasteiger partial charge < -0.3 is 23.7 Å². The van der Waals surface area contributed by atoms with E-state index < -0.39 is 24.4 Å². The van der Waals surface area contributed by atoms with Crippen LogP contribution in [-0.2, 0) is 28.5 Å². The Hall–Kier alpha value is -2.25. The van der Waals surface area contributed by atoms with E-state index >= 15 is 0 Å². The number of rotatable bonds is 7. The van der Waals surface area contributed by atoms with Crippen molar-refractivity contribution in [3.05, 3.63) is 12.2 Å². The highest BCUT2D eigenvalue weighted by atomic mass is 16.8. The van der Waals surface area contributed by atoms with Crippen molar-refractivity contribution < 1.29 is 38.1 Å². The second kappa shape index (κ2) is 8.03. The van der Waals surface area contributed by atoms with E-state index in [0.717, 1.165) is 0 Å². The monoisotopic (exact) mass is 288 g/mol. The number of ether oxygens (including phenoxy) is 5. The molecule has 0 N–H and O–H groups in total. The zero-order valence-electron chi connectivity index (χ0n) is 11.1. The Morgan fingerprint density at radius 3 is 2.50 bits per heavy atom. The third-order valence-corrected chi connectivity index (χ3v) is 2.19. The third-order valence-electron chi connectivity index (χ3n) is 2.19. The van der Waals surface area contributed by atoms with Crippen molar-refractivity contribution in [2.75, 3.05) is 26.4 Å². The lowest BCUT2D eigenvalue weighted by atomic mass is 10.3. The summed E-state index contributed by atoms with van der Waals surface area (Å²) in [6.07, 6.45) is -1.70. The number of esters is 1. The van der Waals surface area contributed by atoms with Crippen LogP contribution < -0.4 is 0 Å². The first-order chi connectivity index (χ1) is 9.49. The minimum atomic E-state index is -0.887. The summed E-state index contributed by atoms with van der Waals surface area (Å²) in [5.74, 6) is -0.551. The van der Waals surface area contributed by atoms with E-state index in [0.29, 0.717) is 6.42 Å². The Balaban J connectivity index is 1.99. The molecule has 1 rings (SSSR count). The summed E-state index contributed by atoms with van der Waals surface area (Å²) in [7, 11) is 0. The quantitative estimate of drug-likeness (QED) is 0.298. The summed E-state index contributed by atoms with van der Waals surface area (Å²) in [5, 5.41) is 0. The molecule has 0 aliphatic carbocycles. The molecule has 1 saturated heterocycles. The first kappa shape index (κ1) is 15.8. The van der Waals surface area contributed by atoms with Crippen molar-refractivity contribution in [1.82, 2.24) is 0 Å². The second-order valence-electron chi connectivity index (χ2n) is 3.95. The van der Waals surface area contributed by atoms with E-state index in [4.69, 9.17) is 14.2 Å². The van der Waals surface area contributed by atoms with Gasteiger partial charge in [0, 0.05) is 12.0 Å². The lowest BCUT2D eigenvalue weighted by Crippen LogP contribution is -2.18. The van der Waals surface area contributed by atoms with Gasteiger partial charge in [0.05, 0.1) is 6.61 Å². The Kier molecular flexibility index (Phi) is 6.34. The maximum absolute atomic E-state index is 11.1. The van der Waals surface area contributed by atoms with Gasteiger partial charge in [-0.1, -0.05) is 6.58 Å². The molecule has 0 aromatic carbocycles. The molecule has 0 aromatic rings. The van der Waals surface area contributed by atoms with E-state index in [-0.39, 0.29) is 32.0 Å². The van der Waals surface area contributed by atoms with Crippen LogP contribution in [0.25, 0.3) is 0 Å². The van der Waals surface area contributed by atoms with Crippen molar-refractivity contribution in [1.29, 1.82) is 0 Å². The smallest absolute Gasteiger partial charge is 0.459 e. The van der Waals surface area contributed by atoms with E-state index in [1.54, 1.807) is 0 Å². The Morgan fingerprint density at radius 1 is 1.25 bits per heavy atom. The van der Waals surface area contributed by atoms with Gasteiger partial charge in [-0.15, -0.1) is 0 Å². The lowest BCUT2D eigenvalue weighted by molar-refractivity contribution is -0.140.